The van der Waals surface area contributed by atoms with Gasteiger partial charge in [-0.2, -0.15) is 0 Å². The molecule has 8 heteroatoms. The molecule has 0 radical (unpaired) electrons. The number of aromatic nitrogens is 1. The third-order valence-corrected chi connectivity index (χ3v) is 8.04. The molecule has 210 valence electrons. The predicted octanol–water partition coefficient (Wildman–Crippen LogP) is 6.74. The van der Waals surface area contributed by atoms with Crippen molar-refractivity contribution in [3.05, 3.63) is 90.1 Å². The van der Waals surface area contributed by atoms with E-state index in [1.165, 1.54) is 0 Å². The second-order valence-corrected chi connectivity index (χ2v) is 10.9. The number of methoxy groups -OCH3 is 1. The average molecular weight is 560 g/mol. The van der Waals surface area contributed by atoms with E-state index in [1.807, 2.05) is 35.2 Å². The highest BCUT2D eigenvalue weighted by Gasteiger charge is 2.19. The minimum Gasteiger partial charge on any atom is -0.588 e. The molecule has 40 heavy (non-hydrogen) atoms. The summed E-state index contributed by atoms with van der Waals surface area (Å²) in [6.45, 7) is 3.48. The van der Waals surface area contributed by atoms with Gasteiger partial charge in [0.2, 0.25) is 4.90 Å². The number of phenolic OH excluding ortho intramolecular Hbond substituents is 1. The Balaban J connectivity index is 1.38. The van der Waals surface area contributed by atoms with Gasteiger partial charge in [0.15, 0.2) is 0 Å². The summed E-state index contributed by atoms with van der Waals surface area (Å²) in [4.78, 5) is 20.4. The molecule has 1 heterocycles. The number of carbonyl (C=O) groups excluding carboxylic acids is 1. The first-order chi connectivity index (χ1) is 19.5. The van der Waals surface area contributed by atoms with Crippen LogP contribution in [0.4, 0.5) is 5.69 Å². The molecular formula is C32H37N3O4S. The van der Waals surface area contributed by atoms with E-state index in [9.17, 15) is 14.5 Å². The van der Waals surface area contributed by atoms with Crippen LogP contribution < -0.4 is 9.46 Å². The average Bonchev–Trinajstić information content (AvgIpc) is 2.98. The molecule has 0 aliphatic carbocycles. The molecule has 0 fully saturated rings. The molecule has 0 saturated heterocycles. The van der Waals surface area contributed by atoms with Gasteiger partial charge in [-0.25, -0.2) is 4.72 Å². The van der Waals surface area contributed by atoms with Gasteiger partial charge in [0.1, 0.15) is 28.4 Å². The number of unbranched alkanes of at least 4 members (excludes halogenated alkanes) is 3. The highest BCUT2D eigenvalue weighted by Crippen LogP contribution is 2.29. The molecule has 0 aliphatic heterocycles. The lowest BCUT2D eigenvalue weighted by atomic mass is 10.1. The second kappa shape index (κ2) is 14.6. The number of nitrogens with zero attached hydrogens (tertiary/aromatic N) is 2. The van der Waals surface area contributed by atoms with Crippen molar-refractivity contribution in [2.45, 2.75) is 50.3 Å². The Morgan fingerprint density at radius 1 is 0.975 bits per heavy atom. The first kappa shape index (κ1) is 29.2. The Morgan fingerprint density at radius 3 is 2.45 bits per heavy atom. The molecule has 0 spiro atoms. The van der Waals surface area contributed by atoms with Gasteiger partial charge in [0.25, 0.3) is 5.91 Å². The molecule has 1 atom stereocenters. The van der Waals surface area contributed by atoms with Crippen LogP contribution >= 0.6 is 0 Å². The Hall–Kier alpha value is -3.75. The minimum atomic E-state index is -1.50. The van der Waals surface area contributed by atoms with Crippen LogP contribution in [0.3, 0.4) is 0 Å². The maximum Gasteiger partial charge on any atom is 0.253 e. The SMILES string of the molecule is CCCCCN(CCCCc1c(O)cccc1OC)C(=O)c1ccc(N[S@@+]([O-])c2cccc3cccnc23)cc1. The fourth-order valence-electron chi connectivity index (χ4n) is 4.72. The number of rotatable bonds is 14. The molecule has 1 aromatic heterocycles. The van der Waals surface area contributed by atoms with E-state index in [4.69, 9.17) is 4.74 Å². The highest BCUT2D eigenvalue weighted by atomic mass is 32.2. The zero-order valence-electron chi connectivity index (χ0n) is 23.1. The number of fused-ring (bicyclic) bond motifs is 1. The summed E-state index contributed by atoms with van der Waals surface area (Å²) in [5, 5.41) is 11.2. The monoisotopic (exact) mass is 559 g/mol. The van der Waals surface area contributed by atoms with Crippen molar-refractivity contribution >= 4 is 33.9 Å². The Bertz CT molecular complexity index is 1390. The highest BCUT2D eigenvalue weighted by molar-refractivity contribution is 7.93. The van der Waals surface area contributed by atoms with Crippen molar-refractivity contribution in [1.29, 1.82) is 0 Å². The first-order valence-corrected chi connectivity index (χ1v) is 14.9. The van der Waals surface area contributed by atoms with Gasteiger partial charge in [0.05, 0.1) is 12.8 Å². The van der Waals surface area contributed by atoms with Crippen molar-refractivity contribution in [3.8, 4) is 11.5 Å². The molecule has 7 nitrogen and oxygen atoms in total. The lowest BCUT2D eigenvalue weighted by molar-refractivity contribution is 0.0749. The van der Waals surface area contributed by atoms with Gasteiger partial charge in [-0.05, 0) is 74.2 Å². The fraction of sp³-hybridized carbons (Fsp3) is 0.312. The number of nitrogens with one attached hydrogen (secondary N) is 1. The van der Waals surface area contributed by atoms with Gasteiger partial charge in [-0.3, -0.25) is 9.78 Å². The molecule has 0 saturated carbocycles. The molecule has 0 unspecified atom stereocenters. The number of aromatic hydroxyl groups is 1. The van der Waals surface area contributed by atoms with E-state index >= 15 is 0 Å². The number of amides is 1. The van der Waals surface area contributed by atoms with Crippen molar-refractivity contribution < 1.29 is 19.2 Å². The predicted molar refractivity (Wildman–Crippen MR) is 161 cm³/mol. The molecule has 3 aromatic carbocycles. The smallest absolute Gasteiger partial charge is 0.253 e. The van der Waals surface area contributed by atoms with Gasteiger partial charge < -0.3 is 19.3 Å². The maximum atomic E-state index is 13.4. The molecule has 4 rings (SSSR count). The van der Waals surface area contributed by atoms with Gasteiger partial charge in [0, 0.05) is 35.8 Å². The topological polar surface area (TPSA) is 97.8 Å². The van der Waals surface area contributed by atoms with Gasteiger partial charge in [-0.1, -0.05) is 44.0 Å². The third-order valence-electron chi connectivity index (χ3n) is 6.89. The lowest BCUT2D eigenvalue weighted by Gasteiger charge is -2.23. The summed E-state index contributed by atoms with van der Waals surface area (Å²) in [6.07, 6.45) is 7.10. The van der Waals surface area contributed by atoms with Crippen LogP contribution in [-0.2, 0) is 17.8 Å². The number of para-hydroxylation sites is 1. The minimum absolute atomic E-state index is 0.0119. The number of pyridine rings is 1. The summed E-state index contributed by atoms with van der Waals surface area (Å²) < 4.78 is 21.5. The van der Waals surface area contributed by atoms with Crippen molar-refractivity contribution in [1.82, 2.24) is 9.88 Å². The zero-order valence-corrected chi connectivity index (χ0v) is 24.0. The number of carbonyl (C=O) groups is 1. The summed E-state index contributed by atoms with van der Waals surface area (Å²) in [5.41, 5.74) is 2.76. The van der Waals surface area contributed by atoms with Crippen LogP contribution in [0.1, 0.15) is 54.9 Å². The van der Waals surface area contributed by atoms with Crippen LogP contribution in [0.15, 0.2) is 83.9 Å². The van der Waals surface area contributed by atoms with Crippen LogP contribution in [0, 0.1) is 0 Å². The van der Waals surface area contributed by atoms with Gasteiger partial charge >= 0.3 is 0 Å². The zero-order chi connectivity index (χ0) is 28.3. The Kier molecular flexibility index (Phi) is 10.7. The fourth-order valence-corrected chi connectivity index (χ4v) is 5.73. The summed E-state index contributed by atoms with van der Waals surface area (Å²) in [6, 6.07) is 21.8. The van der Waals surface area contributed by atoms with Crippen LogP contribution in [0.2, 0.25) is 0 Å². The number of benzene rings is 3. The number of ether oxygens (including phenoxy) is 1. The first-order valence-electron chi connectivity index (χ1n) is 13.8. The largest absolute Gasteiger partial charge is 0.588 e. The van der Waals surface area contributed by atoms with E-state index < -0.39 is 11.4 Å². The van der Waals surface area contributed by atoms with Crippen LogP contribution in [0.25, 0.3) is 10.9 Å². The van der Waals surface area contributed by atoms with E-state index in [-0.39, 0.29) is 11.7 Å². The standard InChI is InChI=1S/C32H37N3O4S/c1-3-4-6-22-35(23-7-5-13-27-28(36)14-9-15-29(27)39-2)32(37)25-17-19-26(20-18-25)34-40(38)30-16-8-11-24-12-10-21-33-31(24)30/h8-12,14-21,34,36H,3-7,13,22-23H2,1-2H3/t40-/m0/s1. The molecule has 4 aromatic rings. The summed E-state index contributed by atoms with van der Waals surface area (Å²) in [5.74, 6) is 0.908. The van der Waals surface area contributed by atoms with Crippen LogP contribution in [-0.4, -0.2) is 45.6 Å². The Labute approximate surface area is 239 Å². The normalized spacial score (nSPS) is 11.8. The second-order valence-electron chi connectivity index (χ2n) is 9.69. The quantitative estimate of drug-likeness (QED) is 0.131. The molecule has 2 N–H and O–H groups in total. The van der Waals surface area contributed by atoms with E-state index in [0.717, 1.165) is 43.1 Å². The number of hydrogen-bond acceptors (Lipinski definition) is 6. The van der Waals surface area contributed by atoms with E-state index in [0.29, 0.717) is 46.9 Å². The number of phenols is 1. The van der Waals surface area contributed by atoms with E-state index in [1.54, 1.807) is 55.8 Å². The van der Waals surface area contributed by atoms with Crippen molar-refractivity contribution in [2.75, 3.05) is 24.9 Å². The molecule has 0 bridgehead atoms. The van der Waals surface area contributed by atoms with E-state index in [2.05, 4.69) is 16.6 Å². The molecule has 1 amide bonds. The summed E-state index contributed by atoms with van der Waals surface area (Å²) in [7, 11) is 1.60. The van der Waals surface area contributed by atoms with Crippen LogP contribution in [0.5, 0.6) is 11.5 Å². The number of anilines is 1. The molecule has 0 aliphatic rings. The Morgan fingerprint density at radius 2 is 1.70 bits per heavy atom. The molecular weight excluding hydrogens is 522 g/mol. The summed E-state index contributed by atoms with van der Waals surface area (Å²) >= 11 is -1.50. The number of hydrogen-bond donors (Lipinski definition) is 2. The third kappa shape index (κ3) is 7.46. The van der Waals surface area contributed by atoms with Crippen molar-refractivity contribution in [2.24, 2.45) is 0 Å². The van der Waals surface area contributed by atoms with Gasteiger partial charge in [-0.15, -0.1) is 0 Å². The van der Waals surface area contributed by atoms with Crippen molar-refractivity contribution in [3.63, 3.8) is 0 Å². The lowest BCUT2D eigenvalue weighted by Crippen LogP contribution is -2.33. The maximum absolute atomic E-state index is 13.4.